The van der Waals surface area contributed by atoms with Crippen molar-refractivity contribution in [2.24, 2.45) is 0 Å². The van der Waals surface area contributed by atoms with Crippen molar-refractivity contribution < 1.29 is 5.11 Å². The summed E-state index contributed by atoms with van der Waals surface area (Å²) in [4.78, 5) is 0. The molecule has 0 aliphatic carbocycles. The Bertz CT molecular complexity index is 318. The molecular weight excluding hydrogens is 190 g/mol. The Balaban J connectivity index is 2.81. The Labute approximate surface area is 90.4 Å². The third-order valence-electron chi connectivity index (χ3n) is 2.08. The smallest absolute Gasteiger partial charge is 0.0859 e. The van der Waals surface area contributed by atoms with Crippen molar-refractivity contribution >= 4 is 0 Å². The van der Waals surface area contributed by atoms with Crippen molar-refractivity contribution in [2.45, 2.75) is 6.92 Å². The van der Waals surface area contributed by atoms with Crippen LogP contribution in [0.2, 0.25) is 0 Å². The zero-order valence-electron chi connectivity index (χ0n) is 9.14. The van der Waals surface area contributed by atoms with E-state index in [2.05, 4.69) is 12.1 Å². The summed E-state index contributed by atoms with van der Waals surface area (Å²) in [6.45, 7) is 5.70. The highest BCUT2D eigenvalue weighted by molar-refractivity contribution is 5.24. The van der Waals surface area contributed by atoms with Crippen LogP contribution in [0.3, 0.4) is 0 Å². The second-order valence-electron chi connectivity index (χ2n) is 3.13. The molecule has 0 spiro atoms. The summed E-state index contributed by atoms with van der Waals surface area (Å²) in [5.74, 6) is 0. The molecule has 0 radical (unpaired) electrons. The van der Waals surface area contributed by atoms with E-state index in [4.69, 9.17) is 5.11 Å². The maximum absolute atomic E-state index is 9.05. The summed E-state index contributed by atoms with van der Waals surface area (Å²) in [5, 5.41) is 12.6. The van der Waals surface area contributed by atoms with Gasteiger partial charge in [0.15, 0.2) is 0 Å². The van der Waals surface area contributed by atoms with Crippen LogP contribution in [0.15, 0.2) is 48.5 Å². The lowest BCUT2D eigenvalue weighted by atomic mass is 10.3. The molecule has 0 saturated carbocycles. The molecule has 1 aliphatic rings. The number of aliphatic hydroxyl groups excluding tert-OH is 1. The molecule has 2 N–H and O–H groups in total. The van der Waals surface area contributed by atoms with Crippen LogP contribution in [-0.4, -0.2) is 28.8 Å². The first-order chi connectivity index (χ1) is 7.22. The third-order valence-corrected chi connectivity index (χ3v) is 2.08. The van der Waals surface area contributed by atoms with Gasteiger partial charge in [0.2, 0.25) is 0 Å². The molecule has 15 heavy (non-hydrogen) atoms. The molecule has 4 nitrogen and oxygen atoms in total. The average molecular weight is 207 g/mol. The molecule has 4 heteroatoms. The van der Waals surface area contributed by atoms with Gasteiger partial charge >= 0.3 is 0 Å². The number of aliphatic hydroxyl groups is 1. The van der Waals surface area contributed by atoms with Crippen molar-refractivity contribution in [1.29, 1.82) is 0 Å². The van der Waals surface area contributed by atoms with Gasteiger partial charge < -0.3 is 5.11 Å². The lowest BCUT2D eigenvalue weighted by Crippen LogP contribution is -2.37. The Morgan fingerprint density at radius 3 is 2.87 bits per heavy atom. The number of likely N-dealkylation sites (N-methyl/N-ethyl adjacent to an activating group) is 1. The number of hydrazine groups is 2. The van der Waals surface area contributed by atoms with Crippen LogP contribution in [0, 0.1) is 0 Å². The summed E-state index contributed by atoms with van der Waals surface area (Å²) in [6.07, 6.45) is 9.39. The molecule has 0 aromatic rings. The van der Waals surface area contributed by atoms with E-state index in [0.717, 1.165) is 11.4 Å². The van der Waals surface area contributed by atoms with Crippen molar-refractivity contribution in [3.05, 3.63) is 48.5 Å². The largest absolute Gasteiger partial charge is 0.390 e. The number of nitrogens with zero attached hydrogens (tertiary/aromatic N) is 2. The SMILES string of the molecule is C=C/C(=C\C=C/C)N1C=C(CO)N(C)N1. The summed E-state index contributed by atoms with van der Waals surface area (Å²) < 4.78 is 0. The zero-order valence-corrected chi connectivity index (χ0v) is 9.14. The van der Waals surface area contributed by atoms with Crippen LogP contribution in [-0.2, 0) is 0 Å². The van der Waals surface area contributed by atoms with Gasteiger partial charge in [-0.2, -0.15) is 0 Å². The highest BCUT2D eigenvalue weighted by atomic mass is 16.3. The van der Waals surface area contributed by atoms with Crippen LogP contribution in [0.25, 0.3) is 0 Å². The lowest BCUT2D eigenvalue weighted by Gasteiger charge is -2.20. The fourth-order valence-corrected chi connectivity index (χ4v) is 1.21. The fraction of sp³-hybridized carbons (Fsp3) is 0.273. The Morgan fingerprint density at radius 1 is 1.67 bits per heavy atom. The number of rotatable bonds is 4. The molecule has 1 heterocycles. The minimum absolute atomic E-state index is 0.00798. The fourth-order valence-electron chi connectivity index (χ4n) is 1.21. The first-order valence-corrected chi connectivity index (χ1v) is 4.79. The monoisotopic (exact) mass is 207 g/mol. The highest BCUT2D eigenvalue weighted by Crippen LogP contribution is 2.14. The molecule has 0 bridgehead atoms. The van der Waals surface area contributed by atoms with Crippen LogP contribution in [0.4, 0.5) is 0 Å². The van der Waals surface area contributed by atoms with E-state index in [1.54, 1.807) is 16.1 Å². The minimum atomic E-state index is 0.00798. The summed E-state index contributed by atoms with van der Waals surface area (Å²) in [6, 6.07) is 0. The second kappa shape index (κ2) is 5.38. The second-order valence-corrected chi connectivity index (χ2v) is 3.13. The van der Waals surface area contributed by atoms with Gasteiger partial charge in [0.05, 0.1) is 18.0 Å². The Kier molecular flexibility index (Phi) is 4.15. The lowest BCUT2D eigenvalue weighted by molar-refractivity contribution is 0.174. The van der Waals surface area contributed by atoms with E-state index in [1.165, 1.54) is 0 Å². The summed E-state index contributed by atoms with van der Waals surface area (Å²) in [5.41, 5.74) is 4.78. The molecule has 1 aliphatic heterocycles. The summed E-state index contributed by atoms with van der Waals surface area (Å²) >= 11 is 0. The molecule has 82 valence electrons. The standard InChI is InChI=1S/C11H17N3O/c1-4-6-7-10(5-2)14-8-11(9-15)13(3)12-14/h4-8,12,15H,2,9H2,1,3H3/b6-4-,10-7+. The summed E-state index contributed by atoms with van der Waals surface area (Å²) in [7, 11) is 1.85. The Hall–Kier alpha value is -1.52. The number of hydrogen-bond donors (Lipinski definition) is 2. The zero-order chi connectivity index (χ0) is 11.3. The normalized spacial score (nSPS) is 17.5. The van der Waals surface area contributed by atoms with E-state index in [1.807, 2.05) is 38.4 Å². The van der Waals surface area contributed by atoms with E-state index >= 15 is 0 Å². The maximum Gasteiger partial charge on any atom is 0.0859 e. The van der Waals surface area contributed by atoms with Crippen LogP contribution in [0.1, 0.15) is 6.92 Å². The maximum atomic E-state index is 9.05. The van der Waals surface area contributed by atoms with E-state index in [9.17, 15) is 0 Å². The van der Waals surface area contributed by atoms with Crippen molar-refractivity contribution in [3.63, 3.8) is 0 Å². The van der Waals surface area contributed by atoms with Crippen molar-refractivity contribution in [3.8, 4) is 0 Å². The van der Waals surface area contributed by atoms with Crippen LogP contribution < -0.4 is 5.53 Å². The quantitative estimate of drug-likeness (QED) is 0.678. The molecule has 1 rings (SSSR count). The topological polar surface area (TPSA) is 38.7 Å². The molecule has 0 saturated heterocycles. The van der Waals surface area contributed by atoms with Gasteiger partial charge in [-0.3, -0.25) is 10.0 Å². The van der Waals surface area contributed by atoms with E-state index in [-0.39, 0.29) is 6.61 Å². The van der Waals surface area contributed by atoms with Gasteiger partial charge in [0.1, 0.15) is 0 Å². The van der Waals surface area contributed by atoms with Gasteiger partial charge in [-0.25, -0.2) is 0 Å². The highest BCUT2D eigenvalue weighted by Gasteiger charge is 2.17. The first kappa shape index (κ1) is 11.6. The molecule has 0 aromatic heterocycles. The van der Waals surface area contributed by atoms with Gasteiger partial charge in [-0.15, -0.1) is 5.53 Å². The molecule has 0 aromatic carbocycles. The third kappa shape index (κ3) is 2.71. The molecular formula is C11H17N3O. The number of nitrogens with one attached hydrogen (secondary N) is 1. The first-order valence-electron chi connectivity index (χ1n) is 4.79. The van der Waals surface area contributed by atoms with Gasteiger partial charge in [0, 0.05) is 13.2 Å². The molecule has 0 fully saturated rings. The van der Waals surface area contributed by atoms with Gasteiger partial charge in [-0.05, 0) is 19.1 Å². The average Bonchev–Trinajstić information content (AvgIpc) is 2.61. The van der Waals surface area contributed by atoms with Gasteiger partial charge in [-0.1, -0.05) is 18.7 Å². The van der Waals surface area contributed by atoms with E-state index < -0.39 is 0 Å². The van der Waals surface area contributed by atoms with Gasteiger partial charge in [0.25, 0.3) is 0 Å². The minimum Gasteiger partial charge on any atom is -0.390 e. The predicted molar refractivity (Wildman–Crippen MR) is 61.0 cm³/mol. The Morgan fingerprint density at radius 2 is 2.40 bits per heavy atom. The van der Waals surface area contributed by atoms with Crippen molar-refractivity contribution in [2.75, 3.05) is 13.7 Å². The molecule has 0 atom stereocenters. The van der Waals surface area contributed by atoms with E-state index in [0.29, 0.717) is 0 Å². The van der Waals surface area contributed by atoms with Crippen molar-refractivity contribution in [1.82, 2.24) is 15.6 Å². The van der Waals surface area contributed by atoms with Crippen LogP contribution >= 0.6 is 0 Å². The number of hydrogen-bond acceptors (Lipinski definition) is 4. The van der Waals surface area contributed by atoms with Crippen LogP contribution in [0.5, 0.6) is 0 Å². The molecule has 0 unspecified atom stereocenters. The number of allylic oxidation sites excluding steroid dienone is 4. The molecule has 0 amide bonds. The predicted octanol–water partition coefficient (Wildman–Crippen LogP) is 1.13.